The van der Waals surface area contributed by atoms with Gasteiger partial charge < -0.3 is 10.0 Å². The first-order chi connectivity index (χ1) is 5.47. The highest BCUT2D eigenvalue weighted by atomic mass is 16.3. The van der Waals surface area contributed by atoms with Gasteiger partial charge in [0, 0.05) is 24.2 Å². The van der Waals surface area contributed by atoms with Gasteiger partial charge >= 0.3 is 0 Å². The molecular weight excluding hydrogens is 150 g/mol. The molecule has 12 heavy (non-hydrogen) atoms. The molecule has 0 radical (unpaired) electrons. The van der Waals surface area contributed by atoms with Crippen molar-refractivity contribution in [1.82, 2.24) is 4.90 Å². The highest BCUT2D eigenvalue weighted by molar-refractivity contribution is 5.07. The number of aliphatic hydroxyl groups is 1. The van der Waals surface area contributed by atoms with Gasteiger partial charge in [0.25, 0.3) is 0 Å². The number of nitrogens with zero attached hydrogens (tertiary/aromatic N) is 1. The van der Waals surface area contributed by atoms with Crippen molar-refractivity contribution >= 4 is 0 Å². The van der Waals surface area contributed by atoms with Gasteiger partial charge in [-0.3, -0.25) is 0 Å². The minimum Gasteiger partial charge on any atom is -0.393 e. The zero-order valence-electron chi connectivity index (χ0n) is 8.30. The summed E-state index contributed by atoms with van der Waals surface area (Å²) in [4.78, 5) is 2.28. The quantitative estimate of drug-likeness (QED) is 0.646. The van der Waals surface area contributed by atoms with Crippen molar-refractivity contribution < 1.29 is 5.11 Å². The lowest BCUT2D eigenvalue weighted by molar-refractivity contribution is 0.0327. The number of rotatable bonds is 1. The normalized spacial score (nSPS) is 29.2. The zero-order valence-corrected chi connectivity index (χ0v) is 8.30. The van der Waals surface area contributed by atoms with Gasteiger partial charge in [0.2, 0.25) is 0 Å². The van der Waals surface area contributed by atoms with Crippen molar-refractivity contribution in [3.05, 3.63) is 12.3 Å². The molecule has 0 aromatic carbocycles. The fourth-order valence-corrected chi connectivity index (χ4v) is 2.22. The van der Waals surface area contributed by atoms with E-state index >= 15 is 0 Å². The molecule has 0 saturated carbocycles. The van der Waals surface area contributed by atoms with E-state index in [1.165, 1.54) is 0 Å². The Morgan fingerprint density at radius 2 is 2.25 bits per heavy atom. The second-order valence-corrected chi connectivity index (χ2v) is 4.18. The fraction of sp³-hybridized carbons (Fsp3) is 0.800. The van der Waals surface area contributed by atoms with E-state index < -0.39 is 0 Å². The average molecular weight is 169 g/mol. The minimum atomic E-state index is -0.199. The molecule has 0 aliphatic carbocycles. The highest BCUT2D eigenvalue weighted by Crippen LogP contribution is 2.32. The summed E-state index contributed by atoms with van der Waals surface area (Å²) in [6.45, 7) is 11.4. The van der Waals surface area contributed by atoms with Crippen molar-refractivity contribution in [1.29, 1.82) is 0 Å². The molecule has 0 bridgehead atoms. The van der Waals surface area contributed by atoms with Crippen LogP contribution in [-0.2, 0) is 0 Å². The monoisotopic (exact) mass is 169 g/mol. The van der Waals surface area contributed by atoms with Gasteiger partial charge in [0.05, 0.1) is 6.10 Å². The van der Waals surface area contributed by atoms with E-state index in [0.717, 1.165) is 25.1 Å². The highest BCUT2D eigenvalue weighted by Gasteiger charge is 2.34. The maximum Gasteiger partial charge on any atom is 0.0616 e. The molecule has 0 aromatic heterocycles. The Bertz CT molecular complexity index is 186. The van der Waals surface area contributed by atoms with E-state index in [1.807, 2.05) is 0 Å². The van der Waals surface area contributed by atoms with Gasteiger partial charge in [-0.25, -0.2) is 0 Å². The van der Waals surface area contributed by atoms with E-state index in [1.54, 1.807) is 0 Å². The summed E-state index contributed by atoms with van der Waals surface area (Å²) in [5.74, 6) is 0. The van der Waals surface area contributed by atoms with Crippen LogP contribution in [0.3, 0.4) is 0 Å². The van der Waals surface area contributed by atoms with Crippen molar-refractivity contribution in [3.63, 3.8) is 0 Å². The maximum absolute atomic E-state index is 9.54. The van der Waals surface area contributed by atoms with Crippen LogP contribution >= 0.6 is 0 Å². The molecule has 0 spiro atoms. The van der Waals surface area contributed by atoms with Gasteiger partial charge in [-0.2, -0.15) is 0 Å². The fourth-order valence-electron chi connectivity index (χ4n) is 2.22. The Morgan fingerprint density at radius 3 is 2.67 bits per heavy atom. The predicted molar refractivity (Wildman–Crippen MR) is 50.8 cm³/mol. The molecule has 70 valence electrons. The van der Waals surface area contributed by atoms with Crippen LogP contribution in [0.4, 0.5) is 0 Å². The molecule has 1 unspecified atom stereocenters. The summed E-state index contributed by atoms with van der Waals surface area (Å²) in [6, 6.07) is 0. The van der Waals surface area contributed by atoms with Crippen LogP contribution in [-0.4, -0.2) is 28.2 Å². The molecule has 1 atom stereocenters. The topological polar surface area (TPSA) is 23.5 Å². The van der Waals surface area contributed by atoms with Crippen LogP contribution in [0.1, 0.15) is 33.6 Å². The Hall–Kier alpha value is -0.500. The summed E-state index contributed by atoms with van der Waals surface area (Å²) >= 11 is 0. The second-order valence-electron chi connectivity index (χ2n) is 4.18. The summed E-state index contributed by atoms with van der Waals surface area (Å²) < 4.78 is 0. The first-order valence-corrected chi connectivity index (χ1v) is 4.61. The van der Waals surface area contributed by atoms with E-state index in [4.69, 9.17) is 0 Å². The molecule has 0 amide bonds. The number of hydrogen-bond acceptors (Lipinski definition) is 2. The zero-order chi connectivity index (χ0) is 9.35. The van der Waals surface area contributed by atoms with E-state index in [2.05, 4.69) is 32.3 Å². The molecule has 1 aliphatic heterocycles. The first-order valence-electron chi connectivity index (χ1n) is 4.61. The molecular formula is C10H19NO. The molecule has 1 rings (SSSR count). The smallest absolute Gasteiger partial charge is 0.0616 e. The molecule has 1 aliphatic rings. The lowest BCUT2D eigenvalue weighted by Crippen LogP contribution is -2.49. The third-order valence-corrected chi connectivity index (χ3v) is 2.64. The van der Waals surface area contributed by atoms with E-state index in [9.17, 15) is 5.11 Å². The Morgan fingerprint density at radius 1 is 1.67 bits per heavy atom. The Balaban J connectivity index is 2.78. The largest absolute Gasteiger partial charge is 0.393 e. The van der Waals surface area contributed by atoms with Crippen LogP contribution in [0.25, 0.3) is 0 Å². The van der Waals surface area contributed by atoms with Gasteiger partial charge in [-0.15, -0.1) is 0 Å². The Kier molecular flexibility index (Phi) is 2.47. The minimum absolute atomic E-state index is 0.0729. The lowest BCUT2D eigenvalue weighted by atomic mass is 9.87. The SMILES string of the molecule is C=C1CC(O)CC(C)(C)N1CC. The maximum atomic E-state index is 9.54. The Labute approximate surface area is 74.9 Å². The van der Waals surface area contributed by atoms with E-state index in [-0.39, 0.29) is 11.6 Å². The van der Waals surface area contributed by atoms with Crippen molar-refractivity contribution in [2.45, 2.75) is 45.3 Å². The van der Waals surface area contributed by atoms with Crippen LogP contribution in [0.15, 0.2) is 12.3 Å². The van der Waals surface area contributed by atoms with Crippen molar-refractivity contribution in [3.8, 4) is 0 Å². The third kappa shape index (κ3) is 1.63. The molecule has 2 heteroatoms. The molecule has 1 saturated heterocycles. The average Bonchev–Trinajstić information content (AvgIpc) is 1.82. The second kappa shape index (κ2) is 3.09. The predicted octanol–water partition coefficient (Wildman–Crippen LogP) is 1.76. The summed E-state index contributed by atoms with van der Waals surface area (Å²) in [6.07, 6.45) is 1.38. The van der Waals surface area contributed by atoms with Gasteiger partial charge in [-0.1, -0.05) is 6.58 Å². The third-order valence-electron chi connectivity index (χ3n) is 2.64. The number of likely N-dealkylation sites (tertiary alicyclic amines) is 1. The molecule has 0 aromatic rings. The van der Waals surface area contributed by atoms with Crippen LogP contribution < -0.4 is 0 Å². The molecule has 1 fully saturated rings. The van der Waals surface area contributed by atoms with E-state index in [0.29, 0.717) is 0 Å². The summed E-state index contributed by atoms with van der Waals surface area (Å²) in [7, 11) is 0. The molecule has 1 N–H and O–H groups in total. The van der Waals surface area contributed by atoms with Gasteiger partial charge in [0.1, 0.15) is 0 Å². The lowest BCUT2D eigenvalue weighted by Gasteiger charge is -2.46. The number of piperidine rings is 1. The standard InChI is InChI=1S/C10H19NO/c1-5-11-8(2)6-9(12)7-10(11,3)4/h9,12H,2,5-7H2,1,3-4H3. The summed E-state index contributed by atoms with van der Waals surface area (Å²) in [5, 5.41) is 9.54. The first kappa shape index (κ1) is 9.59. The van der Waals surface area contributed by atoms with Gasteiger partial charge in [0.15, 0.2) is 0 Å². The van der Waals surface area contributed by atoms with Gasteiger partial charge in [-0.05, 0) is 27.2 Å². The van der Waals surface area contributed by atoms with Crippen molar-refractivity contribution in [2.75, 3.05) is 6.54 Å². The van der Waals surface area contributed by atoms with Crippen molar-refractivity contribution in [2.24, 2.45) is 0 Å². The summed E-state index contributed by atoms with van der Waals surface area (Å²) in [5.41, 5.74) is 1.14. The van der Waals surface area contributed by atoms with Crippen LogP contribution in [0.5, 0.6) is 0 Å². The van der Waals surface area contributed by atoms with Crippen LogP contribution in [0, 0.1) is 0 Å². The number of hydrogen-bond donors (Lipinski definition) is 1. The van der Waals surface area contributed by atoms with Crippen LogP contribution in [0.2, 0.25) is 0 Å². The number of aliphatic hydroxyl groups excluding tert-OH is 1. The molecule has 1 heterocycles. The molecule has 2 nitrogen and oxygen atoms in total.